The highest BCUT2D eigenvalue weighted by molar-refractivity contribution is 5.95. The lowest BCUT2D eigenvalue weighted by atomic mass is 9.95. The summed E-state index contributed by atoms with van der Waals surface area (Å²) in [6.07, 6.45) is 0. The number of anilines is 1. The number of hydrogen-bond donors (Lipinski definition) is 2. The van der Waals surface area contributed by atoms with Crippen molar-refractivity contribution in [1.82, 2.24) is 10.6 Å². The molecule has 1 heterocycles. The summed E-state index contributed by atoms with van der Waals surface area (Å²) < 4.78 is 5.56. The molecule has 3 aromatic carbocycles. The molecule has 0 spiro atoms. The Labute approximate surface area is 193 Å². The molecule has 0 bridgehead atoms. The minimum absolute atomic E-state index is 0.167. The lowest BCUT2D eigenvalue weighted by Gasteiger charge is -2.28. The zero-order valence-corrected chi connectivity index (χ0v) is 18.7. The molecule has 2 amide bonds. The standard InChI is InChI=1S/C27H27N3O3/c1-19-24(26(31)33-18-21-11-7-4-8-12-21)25(29-27(32)28-19)22-13-15-23(16-14-22)30(2)17-20-9-5-3-6-10-20/h3-16,25H,17-18H2,1-2H3,(H2,28,29,32). The molecule has 3 aromatic rings. The molecule has 0 aromatic heterocycles. The molecule has 33 heavy (non-hydrogen) atoms. The number of esters is 1. The van der Waals surface area contributed by atoms with Crippen LogP contribution >= 0.6 is 0 Å². The molecule has 0 aliphatic carbocycles. The number of carbonyl (C=O) groups is 2. The predicted octanol–water partition coefficient (Wildman–Crippen LogP) is 4.69. The highest BCUT2D eigenvalue weighted by Gasteiger charge is 2.32. The SMILES string of the molecule is CC1=C(C(=O)OCc2ccccc2)C(c2ccc(N(C)Cc3ccccc3)cc2)NC(=O)N1. The van der Waals surface area contributed by atoms with Crippen LogP contribution in [-0.4, -0.2) is 19.0 Å². The van der Waals surface area contributed by atoms with Gasteiger partial charge in [0.05, 0.1) is 11.6 Å². The summed E-state index contributed by atoms with van der Waals surface area (Å²) in [5.41, 5.74) is 4.86. The number of allylic oxidation sites excluding steroid dienone is 1. The van der Waals surface area contributed by atoms with Crippen LogP contribution in [0.25, 0.3) is 0 Å². The van der Waals surface area contributed by atoms with Crippen molar-refractivity contribution in [1.29, 1.82) is 0 Å². The average molecular weight is 442 g/mol. The van der Waals surface area contributed by atoms with Gasteiger partial charge in [-0.15, -0.1) is 0 Å². The van der Waals surface area contributed by atoms with E-state index >= 15 is 0 Å². The van der Waals surface area contributed by atoms with Gasteiger partial charge in [-0.25, -0.2) is 9.59 Å². The molecule has 1 unspecified atom stereocenters. The first-order chi connectivity index (χ1) is 16.0. The van der Waals surface area contributed by atoms with Gasteiger partial charge in [0, 0.05) is 25.0 Å². The molecule has 0 saturated heterocycles. The Kier molecular flexibility index (Phi) is 6.74. The second-order valence-electron chi connectivity index (χ2n) is 8.07. The van der Waals surface area contributed by atoms with Crippen molar-refractivity contribution >= 4 is 17.7 Å². The van der Waals surface area contributed by atoms with Gasteiger partial charge in [0.15, 0.2) is 0 Å². The minimum Gasteiger partial charge on any atom is -0.457 e. The molecule has 2 N–H and O–H groups in total. The summed E-state index contributed by atoms with van der Waals surface area (Å²) in [6.45, 7) is 2.66. The van der Waals surface area contributed by atoms with Crippen LogP contribution in [-0.2, 0) is 22.7 Å². The molecule has 1 aliphatic rings. The summed E-state index contributed by atoms with van der Waals surface area (Å²) in [5.74, 6) is -0.459. The maximum Gasteiger partial charge on any atom is 0.338 e. The molecule has 6 nitrogen and oxygen atoms in total. The van der Waals surface area contributed by atoms with E-state index in [0.29, 0.717) is 11.3 Å². The van der Waals surface area contributed by atoms with Crippen LogP contribution in [0.1, 0.15) is 29.7 Å². The Balaban J connectivity index is 1.51. The van der Waals surface area contributed by atoms with E-state index in [9.17, 15) is 9.59 Å². The first-order valence-electron chi connectivity index (χ1n) is 10.9. The van der Waals surface area contributed by atoms with Crippen LogP contribution in [0.2, 0.25) is 0 Å². The van der Waals surface area contributed by atoms with Crippen molar-refractivity contribution in [3.63, 3.8) is 0 Å². The van der Waals surface area contributed by atoms with Crippen LogP contribution in [0.3, 0.4) is 0 Å². The summed E-state index contributed by atoms with van der Waals surface area (Å²) >= 11 is 0. The summed E-state index contributed by atoms with van der Waals surface area (Å²) in [7, 11) is 2.03. The summed E-state index contributed by atoms with van der Waals surface area (Å²) in [6, 6.07) is 26.7. The number of amides is 2. The monoisotopic (exact) mass is 441 g/mol. The first kappa shape index (κ1) is 22.1. The van der Waals surface area contributed by atoms with E-state index in [0.717, 1.165) is 23.4 Å². The molecule has 168 valence electrons. The van der Waals surface area contributed by atoms with Gasteiger partial charge in [0.2, 0.25) is 0 Å². The lowest BCUT2D eigenvalue weighted by Crippen LogP contribution is -2.45. The molecule has 0 fully saturated rings. The lowest BCUT2D eigenvalue weighted by molar-refractivity contribution is -0.140. The average Bonchev–Trinajstić information content (AvgIpc) is 2.83. The fourth-order valence-electron chi connectivity index (χ4n) is 3.89. The van der Waals surface area contributed by atoms with Crippen LogP contribution in [0, 0.1) is 0 Å². The molecule has 0 radical (unpaired) electrons. The Morgan fingerprint density at radius 1 is 0.909 bits per heavy atom. The quantitative estimate of drug-likeness (QED) is 0.522. The normalized spacial score (nSPS) is 15.5. The van der Waals surface area contributed by atoms with Gasteiger partial charge in [-0.2, -0.15) is 0 Å². The number of rotatable bonds is 7. The fourth-order valence-corrected chi connectivity index (χ4v) is 3.89. The molecular formula is C27H27N3O3. The number of urea groups is 1. The minimum atomic E-state index is -0.587. The fraction of sp³-hybridized carbons (Fsp3) is 0.185. The van der Waals surface area contributed by atoms with Gasteiger partial charge in [-0.1, -0.05) is 72.8 Å². The second kappa shape index (κ2) is 10.0. The van der Waals surface area contributed by atoms with Crippen molar-refractivity contribution in [2.24, 2.45) is 0 Å². The highest BCUT2D eigenvalue weighted by atomic mass is 16.5. The van der Waals surface area contributed by atoms with E-state index in [1.807, 2.05) is 79.8 Å². The molecular weight excluding hydrogens is 414 g/mol. The van der Waals surface area contributed by atoms with E-state index in [-0.39, 0.29) is 12.6 Å². The van der Waals surface area contributed by atoms with E-state index in [4.69, 9.17) is 4.74 Å². The number of nitrogens with one attached hydrogen (secondary N) is 2. The highest BCUT2D eigenvalue weighted by Crippen LogP contribution is 2.29. The van der Waals surface area contributed by atoms with Gasteiger partial charge in [-0.3, -0.25) is 0 Å². The first-order valence-corrected chi connectivity index (χ1v) is 10.9. The van der Waals surface area contributed by atoms with Crippen molar-refractivity contribution in [2.75, 3.05) is 11.9 Å². The summed E-state index contributed by atoms with van der Waals surface area (Å²) in [5, 5.41) is 5.54. The third-order valence-electron chi connectivity index (χ3n) is 5.63. The van der Waals surface area contributed by atoms with Crippen LogP contribution in [0.15, 0.2) is 96.2 Å². The number of hydrogen-bond acceptors (Lipinski definition) is 4. The Morgan fingerprint density at radius 2 is 1.52 bits per heavy atom. The summed E-state index contributed by atoms with van der Waals surface area (Å²) in [4.78, 5) is 27.3. The van der Waals surface area contributed by atoms with Crippen molar-refractivity contribution < 1.29 is 14.3 Å². The van der Waals surface area contributed by atoms with E-state index in [1.54, 1.807) is 6.92 Å². The second-order valence-corrected chi connectivity index (χ2v) is 8.07. The number of ether oxygens (including phenoxy) is 1. The van der Waals surface area contributed by atoms with E-state index < -0.39 is 12.0 Å². The van der Waals surface area contributed by atoms with Gasteiger partial charge in [0.25, 0.3) is 0 Å². The maximum absolute atomic E-state index is 13.0. The van der Waals surface area contributed by atoms with Crippen LogP contribution < -0.4 is 15.5 Å². The van der Waals surface area contributed by atoms with Crippen LogP contribution in [0.5, 0.6) is 0 Å². The predicted molar refractivity (Wildman–Crippen MR) is 128 cm³/mol. The molecule has 0 saturated carbocycles. The maximum atomic E-state index is 13.0. The zero-order valence-electron chi connectivity index (χ0n) is 18.7. The Morgan fingerprint density at radius 3 is 2.15 bits per heavy atom. The molecule has 4 rings (SSSR count). The van der Waals surface area contributed by atoms with Crippen molar-refractivity contribution in [3.05, 3.63) is 113 Å². The van der Waals surface area contributed by atoms with Gasteiger partial charge in [-0.05, 0) is 35.7 Å². The molecule has 1 aliphatic heterocycles. The van der Waals surface area contributed by atoms with Gasteiger partial charge in [0.1, 0.15) is 6.61 Å². The van der Waals surface area contributed by atoms with E-state index in [1.165, 1.54) is 5.56 Å². The Hall–Kier alpha value is -4.06. The van der Waals surface area contributed by atoms with E-state index in [2.05, 4.69) is 27.7 Å². The number of nitrogens with zero attached hydrogens (tertiary/aromatic N) is 1. The third kappa shape index (κ3) is 5.41. The number of carbonyl (C=O) groups excluding carboxylic acids is 2. The van der Waals surface area contributed by atoms with Crippen LogP contribution in [0.4, 0.5) is 10.5 Å². The topological polar surface area (TPSA) is 70.7 Å². The van der Waals surface area contributed by atoms with Gasteiger partial charge < -0.3 is 20.3 Å². The van der Waals surface area contributed by atoms with Crippen molar-refractivity contribution in [2.45, 2.75) is 26.1 Å². The molecule has 1 atom stereocenters. The molecule has 6 heteroatoms. The largest absolute Gasteiger partial charge is 0.457 e. The number of benzene rings is 3. The van der Waals surface area contributed by atoms with Crippen molar-refractivity contribution in [3.8, 4) is 0 Å². The zero-order chi connectivity index (χ0) is 23.2. The van der Waals surface area contributed by atoms with Gasteiger partial charge >= 0.3 is 12.0 Å². The smallest absolute Gasteiger partial charge is 0.338 e. The Bertz CT molecular complexity index is 1140. The third-order valence-corrected chi connectivity index (χ3v) is 5.63.